The summed E-state index contributed by atoms with van der Waals surface area (Å²) in [5.74, 6) is -0.536. The van der Waals surface area contributed by atoms with E-state index in [9.17, 15) is 19.7 Å². The third-order valence-corrected chi connectivity index (χ3v) is 3.95. The van der Waals surface area contributed by atoms with Crippen LogP contribution >= 0.6 is 0 Å². The number of rotatable bonds is 7. The lowest BCUT2D eigenvalue weighted by atomic mass is 10.1. The van der Waals surface area contributed by atoms with Crippen molar-refractivity contribution in [3.8, 4) is 16.9 Å². The first kappa shape index (κ1) is 18.8. The van der Waals surface area contributed by atoms with E-state index in [4.69, 9.17) is 4.74 Å². The molecule has 0 aliphatic carbocycles. The van der Waals surface area contributed by atoms with Gasteiger partial charge in [0.25, 0.3) is 5.91 Å². The van der Waals surface area contributed by atoms with Gasteiger partial charge in [0.05, 0.1) is 4.92 Å². The van der Waals surface area contributed by atoms with Gasteiger partial charge in [0.1, 0.15) is 6.29 Å². The van der Waals surface area contributed by atoms with Crippen molar-refractivity contribution in [2.24, 2.45) is 0 Å². The lowest BCUT2D eigenvalue weighted by molar-refractivity contribution is -0.385. The third kappa shape index (κ3) is 4.59. The normalized spacial score (nSPS) is 10.1. The van der Waals surface area contributed by atoms with E-state index >= 15 is 0 Å². The monoisotopic (exact) mass is 376 g/mol. The maximum atomic E-state index is 12.1. The smallest absolute Gasteiger partial charge is 0.311 e. The Labute approximate surface area is 160 Å². The Kier molecular flexibility index (Phi) is 5.76. The fourth-order valence-corrected chi connectivity index (χ4v) is 2.59. The van der Waals surface area contributed by atoms with Gasteiger partial charge in [-0.1, -0.05) is 42.5 Å². The topological polar surface area (TPSA) is 98.5 Å². The Bertz CT molecular complexity index is 1000. The molecular formula is C21H16N2O5. The van der Waals surface area contributed by atoms with Gasteiger partial charge in [-0.05, 0) is 35.4 Å². The highest BCUT2D eigenvalue weighted by atomic mass is 16.6. The van der Waals surface area contributed by atoms with Crippen LogP contribution in [0.5, 0.6) is 5.75 Å². The van der Waals surface area contributed by atoms with Gasteiger partial charge in [0, 0.05) is 17.3 Å². The second-order valence-corrected chi connectivity index (χ2v) is 5.88. The summed E-state index contributed by atoms with van der Waals surface area (Å²) in [6, 6.07) is 20.9. The number of nitrogens with zero attached hydrogens (tertiary/aromatic N) is 1. The summed E-state index contributed by atoms with van der Waals surface area (Å²) in [5, 5.41) is 13.8. The number of benzene rings is 3. The van der Waals surface area contributed by atoms with E-state index in [0.717, 1.165) is 17.2 Å². The van der Waals surface area contributed by atoms with Crippen LogP contribution in [-0.2, 0) is 4.79 Å². The molecule has 0 saturated heterocycles. The van der Waals surface area contributed by atoms with Gasteiger partial charge in [0.2, 0.25) is 0 Å². The molecule has 0 unspecified atom stereocenters. The van der Waals surface area contributed by atoms with Crippen LogP contribution in [0.1, 0.15) is 10.4 Å². The van der Waals surface area contributed by atoms with Crippen LogP contribution in [0.15, 0.2) is 72.8 Å². The quantitative estimate of drug-likeness (QED) is 0.380. The molecule has 7 heteroatoms. The zero-order chi connectivity index (χ0) is 19.9. The lowest BCUT2D eigenvalue weighted by Gasteiger charge is -2.09. The zero-order valence-electron chi connectivity index (χ0n) is 14.7. The van der Waals surface area contributed by atoms with Crippen molar-refractivity contribution in [3.63, 3.8) is 0 Å². The Hall–Kier alpha value is -4.00. The van der Waals surface area contributed by atoms with Crippen molar-refractivity contribution in [1.29, 1.82) is 0 Å². The van der Waals surface area contributed by atoms with Crippen molar-refractivity contribution in [2.45, 2.75) is 0 Å². The fraction of sp³-hybridized carbons (Fsp3) is 0.0476. The zero-order valence-corrected chi connectivity index (χ0v) is 14.7. The predicted molar refractivity (Wildman–Crippen MR) is 104 cm³/mol. The predicted octanol–water partition coefficient (Wildman–Crippen LogP) is 4.09. The molecule has 0 spiro atoms. The van der Waals surface area contributed by atoms with Crippen molar-refractivity contribution in [1.82, 2.24) is 0 Å². The number of amides is 1. The van der Waals surface area contributed by atoms with Gasteiger partial charge in [-0.3, -0.25) is 19.7 Å². The molecule has 140 valence electrons. The Morgan fingerprint density at radius 1 is 1.00 bits per heavy atom. The van der Waals surface area contributed by atoms with Crippen molar-refractivity contribution in [2.75, 3.05) is 11.9 Å². The molecular weight excluding hydrogens is 360 g/mol. The van der Waals surface area contributed by atoms with Crippen LogP contribution in [-0.4, -0.2) is 23.7 Å². The SMILES string of the molecule is O=Cc1ccc(OCC(=O)Nc2ccc(-c3ccccc3)cc2)c([N+](=O)[O-])c1. The van der Waals surface area contributed by atoms with Gasteiger partial charge in [-0.2, -0.15) is 0 Å². The number of aldehydes is 1. The fourth-order valence-electron chi connectivity index (χ4n) is 2.59. The Balaban J connectivity index is 1.62. The number of carbonyl (C=O) groups excluding carboxylic acids is 2. The molecule has 0 atom stereocenters. The molecule has 1 N–H and O–H groups in total. The first-order valence-corrected chi connectivity index (χ1v) is 8.38. The van der Waals surface area contributed by atoms with Gasteiger partial charge in [-0.25, -0.2) is 0 Å². The molecule has 1 amide bonds. The molecule has 0 saturated carbocycles. The molecule has 7 nitrogen and oxygen atoms in total. The van der Waals surface area contributed by atoms with E-state index in [1.807, 2.05) is 42.5 Å². The Morgan fingerprint density at radius 3 is 2.32 bits per heavy atom. The average Bonchev–Trinajstić information content (AvgIpc) is 2.73. The van der Waals surface area contributed by atoms with Crippen molar-refractivity contribution >= 4 is 23.6 Å². The number of nitro benzene ring substituents is 1. The van der Waals surface area contributed by atoms with Gasteiger partial charge in [-0.15, -0.1) is 0 Å². The van der Waals surface area contributed by atoms with Crippen molar-refractivity contribution < 1.29 is 19.2 Å². The highest BCUT2D eigenvalue weighted by Crippen LogP contribution is 2.27. The number of anilines is 1. The molecule has 0 bridgehead atoms. The van der Waals surface area contributed by atoms with Crippen LogP contribution in [0.3, 0.4) is 0 Å². The molecule has 3 rings (SSSR count). The highest BCUT2D eigenvalue weighted by Gasteiger charge is 2.17. The molecule has 0 fully saturated rings. The van der Waals surface area contributed by atoms with Crippen LogP contribution in [0, 0.1) is 10.1 Å². The largest absolute Gasteiger partial charge is 0.477 e. The third-order valence-electron chi connectivity index (χ3n) is 3.95. The maximum absolute atomic E-state index is 12.1. The van der Waals surface area contributed by atoms with E-state index in [0.29, 0.717) is 12.0 Å². The highest BCUT2D eigenvalue weighted by molar-refractivity contribution is 5.92. The van der Waals surface area contributed by atoms with Gasteiger partial charge < -0.3 is 10.1 Å². The summed E-state index contributed by atoms with van der Waals surface area (Å²) >= 11 is 0. The second-order valence-electron chi connectivity index (χ2n) is 5.88. The number of carbonyl (C=O) groups is 2. The standard InChI is InChI=1S/C21H16N2O5/c24-13-15-6-11-20(19(12-15)23(26)27)28-14-21(25)22-18-9-7-17(8-10-18)16-4-2-1-3-5-16/h1-13H,14H2,(H,22,25). The van der Waals surface area contributed by atoms with E-state index in [1.54, 1.807) is 12.1 Å². The minimum atomic E-state index is -0.664. The first-order valence-electron chi connectivity index (χ1n) is 8.38. The summed E-state index contributed by atoms with van der Waals surface area (Å²) in [5.41, 5.74) is 2.45. The summed E-state index contributed by atoms with van der Waals surface area (Å²) < 4.78 is 5.26. The van der Waals surface area contributed by atoms with Crippen LogP contribution in [0.4, 0.5) is 11.4 Å². The molecule has 28 heavy (non-hydrogen) atoms. The molecule has 0 aliphatic heterocycles. The molecule has 0 heterocycles. The summed E-state index contributed by atoms with van der Waals surface area (Å²) in [7, 11) is 0. The lowest BCUT2D eigenvalue weighted by Crippen LogP contribution is -2.20. The number of hydrogen-bond donors (Lipinski definition) is 1. The second kappa shape index (κ2) is 8.59. The number of ether oxygens (including phenoxy) is 1. The first-order chi connectivity index (χ1) is 13.6. The maximum Gasteiger partial charge on any atom is 0.311 e. The van der Waals surface area contributed by atoms with E-state index in [1.165, 1.54) is 12.1 Å². The number of nitrogens with one attached hydrogen (secondary N) is 1. The number of hydrogen-bond acceptors (Lipinski definition) is 5. The minimum absolute atomic E-state index is 0.0785. The molecule has 3 aromatic carbocycles. The summed E-state index contributed by atoms with van der Waals surface area (Å²) in [6.07, 6.45) is 0.503. The summed E-state index contributed by atoms with van der Waals surface area (Å²) in [6.45, 7) is -0.401. The van der Waals surface area contributed by atoms with Crippen LogP contribution in [0.2, 0.25) is 0 Å². The van der Waals surface area contributed by atoms with E-state index in [2.05, 4.69) is 5.32 Å². The number of nitro groups is 1. The molecule has 3 aromatic rings. The molecule has 0 aliphatic rings. The minimum Gasteiger partial charge on any atom is -0.477 e. The molecule has 0 radical (unpaired) electrons. The average molecular weight is 376 g/mol. The molecule has 0 aromatic heterocycles. The van der Waals surface area contributed by atoms with Crippen LogP contribution < -0.4 is 10.1 Å². The van der Waals surface area contributed by atoms with Crippen LogP contribution in [0.25, 0.3) is 11.1 Å². The van der Waals surface area contributed by atoms with E-state index < -0.39 is 17.4 Å². The van der Waals surface area contributed by atoms with E-state index in [-0.39, 0.29) is 17.0 Å². The van der Waals surface area contributed by atoms with Gasteiger partial charge in [0.15, 0.2) is 12.4 Å². The Morgan fingerprint density at radius 2 is 1.68 bits per heavy atom. The van der Waals surface area contributed by atoms with Gasteiger partial charge >= 0.3 is 5.69 Å². The summed E-state index contributed by atoms with van der Waals surface area (Å²) in [4.78, 5) is 33.3. The van der Waals surface area contributed by atoms with Crippen molar-refractivity contribution in [3.05, 3.63) is 88.5 Å².